The van der Waals surface area contributed by atoms with Gasteiger partial charge in [-0.1, -0.05) is 0 Å². The average molecular weight is 335 g/mol. The van der Waals surface area contributed by atoms with E-state index in [1.54, 1.807) is 11.3 Å². The molecule has 2 aliphatic heterocycles. The van der Waals surface area contributed by atoms with Gasteiger partial charge in [0, 0.05) is 23.9 Å². The smallest absolute Gasteiger partial charge is 0.286 e. The van der Waals surface area contributed by atoms with Gasteiger partial charge < -0.3 is 10.6 Å². The number of amidine groups is 1. The third-order valence-corrected chi connectivity index (χ3v) is 5.95. The maximum Gasteiger partial charge on any atom is 0.286 e. The monoisotopic (exact) mass is 335 g/mol. The minimum absolute atomic E-state index is 0.0530. The lowest BCUT2D eigenvalue weighted by atomic mass is 9.97. The number of aliphatic imine (C=N–C) groups is 1. The molecule has 0 aromatic carbocycles. The molecule has 0 spiro atoms. The molecule has 2 N–H and O–H groups in total. The standard InChI is InChI=1S/C15H17N3O2S2/c1-9-4-7-21-11(9)8-12-14(20)17-15(22-12)18-5-2-10(3-6-18)13(16)19/h4,7-8,10H,2-3,5-6H2,1H3,(H2,16,19). The highest BCUT2D eigenvalue weighted by atomic mass is 32.2. The molecule has 0 unspecified atom stereocenters. The van der Waals surface area contributed by atoms with E-state index in [1.807, 2.05) is 24.4 Å². The molecule has 5 nitrogen and oxygen atoms in total. The molecule has 7 heteroatoms. The lowest BCUT2D eigenvalue weighted by molar-refractivity contribution is -0.123. The predicted octanol–water partition coefficient (Wildman–Crippen LogP) is 2.22. The Morgan fingerprint density at radius 3 is 2.77 bits per heavy atom. The highest BCUT2D eigenvalue weighted by Gasteiger charge is 2.30. The van der Waals surface area contributed by atoms with Gasteiger partial charge in [0.2, 0.25) is 5.91 Å². The molecule has 3 heterocycles. The largest absolute Gasteiger partial charge is 0.369 e. The average Bonchev–Trinajstić information content (AvgIpc) is 3.07. The Balaban J connectivity index is 1.67. The predicted molar refractivity (Wildman–Crippen MR) is 90.6 cm³/mol. The van der Waals surface area contributed by atoms with E-state index in [9.17, 15) is 9.59 Å². The van der Waals surface area contributed by atoms with Gasteiger partial charge in [-0.05, 0) is 54.6 Å². The molecule has 0 radical (unpaired) electrons. The quantitative estimate of drug-likeness (QED) is 0.841. The van der Waals surface area contributed by atoms with Crippen LogP contribution in [-0.2, 0) is 9.59 Å². The molecule has 0 atom stereocenters. The second kappa shape index (κ2) is 6.26. The molecular weight excluding hydrogens is 318 g/mol. The van der Waals surface area contributed by atoms with Gasteiger partial charge in [-0.25, -0.2) is 0 Å². The van der Waals surface area contributed by atoms with E-state index in [0.717, 1.165) is 36.0 Å². The summed E-state index contributed by atoms with van der Waals surface area (Å²) in [6.45, 7) is 3.47. The number of aryl methyl sites for hydroxylation is 1. The van der Waals surface area contributed by atoms with E-state index < -0.39 is 0 Å². The summed E-state index contributed by atoms with van der Waals surface area (Å²) in [5.74, 6) is -0.460. The van der Waals surface area contributed by atoms with Gasteiger partial charge in [0.25, 0.3) is 5.91 Å². The molecule has 0 bridgehead atoms. The zero-order chi connectivity index (χ0) is 15.7. The van der Waals surface area contributed by atoms with Crippen LogP contribution in [0.25, 0.3) is 6.08 Å². The number of thioether (sulfide) groups is 1. The highest BCUT2D eigenvalue weighted by Crippen LogP contribution is 2.33. The number of carbonyl (C=O) groups excluding carboxylic acids is 2. The number of hydrogen-bond donors (Lipinski definition) is 1. The molecule has 1 saturated heterocycles. The first kappa shape index (κ1) is 15.3. The van der Waals surface area contributed by atoms with Crippen LogP contribution in [-0.4, -0.2) is 35.0 Å². The zero-order valence-electron chi connectivity index (χ0n) is 12.2. The molecule has 1 aromatic heterocycles. The van der Waals surface area contributed by atoms with Crippen molar-refractivity contribution in [1.82, 2.24) is 4.90 Å². The minimum atomic E-state index is -0.231. The van der Waals surface area contributed by atoms with Crippen LogP contribution in [0, 0.1) is 12.8 Å². The molecule has 116 valence electrons. The SMILES string of the molecule is Cc1ccsc1C=C1SC(N2CCC(C(N)=O)CC2)=NC1=O. The van der Waals surface area contributed by atoms with Crippen molar-refractivity contribution >= 4 is 46.2 Å². The summed E-state index contributed by atoms with van der Waals surface area (Å²) in [7, 11) is 0. The number of amides is 2. The molecule has 0 aliphatic carbocycles. The Labute approximate surface area is 137 Å². The summed E-state index contributed by atoms with van der Waals surface area (Å²) in [4.78, 5) is 31.3. The van der Waals surface area contributed by atoms with Gasteiger partial charge in [-0.15, -0.1) is 11.3 Å². The maximum absolute atomic E-state index is 12.1. The lowest BCUT2D eigenvalue weighted by Gasteiger charge is -2.31. The first-order valence-electron chi connectivity index (χ1n) is 7.15. The number of carbonyl (C=O) groups is 2. The number of nitrogens with zero attached hydrogens (tertiary/aromatic N) is 2. The van der Waals surface area contributed by atoms with Crippen LogP contribution < -0.4 is 5.73 Å². The van der Waals surface area contributed by atoms with Crippen molar-refractivity contribution in [2.24, 2.45) is 16.6 Å². The van der Waals surface area contributed by atoms with Crippen molar-refractivity contribution in [1.29, 1.82) is 0 Å². The lowest BCUT2D eigenvalue weighted by Crippen LogP contribution is -2.40. The van der Waals surface area contributed by atoms with Gasteiger partial charge >= 0.3 is 0 Å². The van der Waals surface area contributed by atoms with Crippen LogP contribution in [0.15, 0.2) is 21.3 Å². The third kappa shape index (κ3) is 3.10. The first-order valence-corrected chi connectivity index (χ1v) is 8.85. The summed E-state index contributed by atoms with van der Waals surface area (Å²) < 4.78 is 0. The van der Waals surface area contributed by atoms with Crippen molar-refractivity contribution in [3.8, 4) is 0 Å². The van der Waals surface area contributed by atoms with Crippen LogP contribution >= 0.6 is 23.1 Å². The van der Waals surface area contributed by atoms with Crippen molar-refractivity contribution in [3.05, 3.63) is 26.8 Å². The number of rotatable bonds is 2. The minimum Gasteiger partial charge on any atom is -0.369 e. The van der Waals surface area contributed by atoms with E-state index in [-0.39, 0.29) is 17.7 Å². The van der Waals surface area contributed by atoms with Crippen LogP contribution in [0.5, 0.6) is 0 Å². The number of piperidine rings is 1. The molecule has 1 fully saturated rings. The van der Waals surface area contributed by atoms with E-state index in [1.165, 1.54) is 17.3 Å². The topological polar surface area (TPSA) is 75.8 Å². The Bertz CT molecular complexity index is 670. The first-order chi connectivity index (χ1) is 10.5. The highest BCUT2D eigenvalue weighted by molar-refractivity contribution is 8.18. The van der Waals surface area contributed by atoms with Gasteiger partial charge in [0.15, 0.2) is 5.17 Å². The molecule has 3 rings (SSSR count). The summed E-state index contributed by atoms with van der Waals surface area (Å²) in [5.41, 5.74) is 6.51. The van der Waals surface area contributed by atoms with Crippen molar-refractivity contribution in [2.45, 2.75) is 19.8 Å². The van der Waals surface area contributed by atoms with Gasteiger partial charge in [-0.2, -0.15) is 4.99 Å². The van der Waals surface area contributed by atoms with Crippen molar-refractivity contribution < 1.29 is 9.59 Å². The summed E-state index contributed by atoms with van der Waals surface area (Å²) in [6.07, 6.45) is 3.37. The normalized spacial score (nSPS) is 21.5. The maximum atomic E-state index is 12.1. The van der Waals surface area contributed by atoms with Crippen LogP contribution in [0.3, 0.4) is 0 Å². The van der Waals surface area contributed by atoms with Gasteiger partial charge in [0.1, 0.15) is 0 Å². The molecule has 0 saturated carbocycles. The fourth-order valence-electron chi connectivity index (χ4n) is 2.54. The van der Waals surface area contributed by atoms with E-state index >= 15 is 0 Å². The number of nitrogens with two attached hydrogens (primary N) is 1. The Morgan fingerprint density at radius 1 is 1.45 bits per heavy atom. The summed E-state index contributed by atoms with van der Waals surface area (Å²) in [6, 6.07) is 2.04. The number of primary amides is 1. The molecule has 2 amide bonds. The number of hydrogen-bond acceptors (Lipinski definition) is 5. The fourth-order valence-corrected chi connectivity index (χ4v) is 4.42. The third-order valence-electron chi connectivity index (χ3n) is 3.94. The fraction of sp³-hybridized carbons (Fsp3) is 0.400. The molecular formula is C15H17N3O2S2. The van der Waals surface area contributed by atoms with E-state index in [2.05, 4.69) is 9.89 Å². The van der Waals surface area contributed by atoms with E-state index in [4.69, 9.17) is 5.73 Å². The molecule has 22 heavy (non-hydrogen) atoms. The second-order valence-electron chi connectivity index (χ2n) is 5.44. The Hall–Kier alpha value is -1.60. The van der Waals surface area contributed by atoms with Crippen LogP contribution in [0.1, 0.15) is 23.3 Å². The summed E-state index contributed by atoms with van der Waals surface area (Å²) >= 11 is 3.04. The Kier molecular flexibility index (Phi) is 4.35. The number of likely N-dealkylation sites (tertiary alicyclic amines) is 1. The van der Waals surface area contributed by atoms with Gasteiger partial charge in [0.05, 0.1) is 4.91 Å². The molecule has 2 aliphatic rings. The van der Waals surface area contributed by atoms with E-state index in [0.29, 0.717) is 4.91 Å². The van der Waals surface area contributed by atoms with Gasteiger partial charge in [-0.3, -0.25) is 9.59 Å². The number of thiophene rings is 1. The zero-order valence-corrected chi connectivity index (χ0v) is 13.9. The Morgan fingerprint density at radius 2 is 2.18 bits per heavy atom. The second-order valence-corrected chi connectivity index (χ2v) is 7.40. The van der Waals surface area contributed by atoms with Crippen molar-refractivity contribution in [2.75, 3.05) is 13.1 Å². The summed E-state index contributed by atoms with van der Waals surface area (Å²) in [5, 5.41) is 2.76. The van der Waals surface area contributed by atoms with Crippen molar-refractivity contribution in [3.63, 3.8) is 0 Å². The van der Waals surface area contributed by atoms with Crippen LogP contribution in [0.2, 0.25) is 0 Å². The van der Waals surface area contributed by atoms with Crippen LogP contribution in [0.4, 0.5) is 0 Å². The molecule has 1 aromatic rings.